The summed E-state index contributed by atoms with van der Waals surface area (Å²) in [5.74, 6) is -0.604. The Bertz CT molecular complexity index is 439. The summed E-state index contributed by atoms with van der Waals surface area (Å²) < 4.78 is 13.7. The number of hydrogen-bond acceptors (Lipinski definition) is 2. The van der Waals surface area contributed by atoms with Crippen LogP contribution in [0.4, 0.5) is 9.18 Å². The average molecular weight is 245 g/mol. The standard InChI is InChI=1S/C10H10ClFN2O2/c11-9-8(12)7-5-14(10(15)16)3-1-2-6(7)4-13-9/h4H,1-3,5H2,(H,15,16). The van der Waals surface area contributed by atoms with Crippen LogP contribution >= 0.6 is 11.6 Å². The van der Waals surface area contributed by atoms with Crippen LogP contribution in [0.3, 0.4) is 0 Å². The lowest BCUT2D eigenvalue weighted by Crippen LogP contribution is -2.29. The fourth-order valence-electron chi connectivity index (χ4n) is 1.81. The van der Waals surface area contributed by atoms with E-state index in [4.69, 9.17) is 16.7 Å². The SMILES string of the molecule is O=C(O)N1CCCc2cnc(Cl)c(F)c2C1. The van der Waals surface area contributed by atoms with Crippen molar-refractivity contribution >= 4 is 17.7 Å². The molecule has 0 spiro atoms. The first-order chi connectivity index (χ1) is 7.59. The topological polar surface area (TPSA) is 53.4 Å². The molecule has 4 nitrogen and oxygen atoms in total. The van der Waals surface area contributed by atoms with Crippen molar-refractivity contribution < 1.29 is 14.3 Å². The van der Waals surface area contributed by atoms with Gasteiger partial charge in [-0.1, -0.05) is 11.6 Å². The fraction of sp³-hybridized carbons (Fsp3) is 0.400. The molecule has 1 amide bonds. The molecule has 0 radical (unpaired) electrons. The first-order valence-electron chi connectivity index (χ1n) is 4.89. The van der Waals surface area contributed by atoms with Gasteiger partial charge in [0.05, 0.1) is 6.54 Å². The Labute approximate surface area is 96.7 Å². The zero-order chi connectivity index (χ0) is 11.7. The Morgan fingerprint density at radius 3 is 3.06 bits per heavy atom. The normalized spacial score (nSPS) is 15.5. The number of aromatic nitrogens is 1. The summed E-state index contributed by atoms with van der Waals surface area (Å²) in [7, 11) is 0. The van der Waals surface area contributed by atoms with Gasteiger partial charge in [0.15, 0.2) is 11.0 Å². The fourth-order valence-corrected chi connectivity index (χ4v) is 1.98. The van der Waals surface area contributed by atoms with E-state index in [1.807, 2.05) is 0 Å². The van der Waals surface area contributed by atoms with Crippen LogP contribution < -0.4 is 0 Å². The number of hydrogen-bond donors (Lipinski definition) is 1. The summed E-state index contributed by atoms with van der Waals surface area (Å²) in [5, 5.41) is 8.70. The second-order valence-corrected chi connectivity index (χ2v) is 4.03. The summed E-state index contributed by atoms with van der Waals surface area (Å²) in [6.07, 6.45) is 1.77. The Morgan fingerprint density at radius 1 is 1.62 bits per heavy atom. The van der Waals surface area contributed by atoms with Gasteiger partial charge in [-0.25, -0.2) is 14.2 Å². The van der Waals surface area contributed by atoms with Crippen molar-refractivity contribution in [2.75, 3.05) is 6.54 Å². The minimum atomic E-state index is -1.04. The molecule has 0 saturated heterocycles. The number of amides is 1. The van der Waals surface area contributed by atoms with Crippen LogP contribution in [0.5, 0.6) is 0 Å². The molecule has 0 fully saturated rings. The lowest BCUT2D eigenvalue weighted by Gasteiger charge is -2.16. The Morgan fingerprint density at radius 2 is 2.38 bits per heavy atom. The third-order valence-electron chi connectivity index (χ3n) is 2.66. The zero-order valence-electron chi connectivity index (χ0n) is 8.41. The first kappa shape index (κ1) is 11.1. The molecule has 0 aliphatic carbocycles. The molecule has 2 heterocycles. The van der Waals surface area contributed by atoms with E-state index in [9.17, 15) is 9.18 Å². The van der Waals surface area contributed by atoms with E-state index >= 15 is 0 Å². The van der Waals surface area contributed by atoms with E-state index in [1.165, 1.54) is 11.1 Å². The number of rotatable bonds is 0. The zero-order valence-corrected chi connectivity index (χ0v) is 9.17. The van der Waals surface area contributed by atoms with E-state index < -0.39 is 11.9 Å². The first-order valence-corrected chi connectivity index (χ1v) is 5.27. The molecule has 1 aromatic heterocycles. The van der Waals surface area contributed by atoms with Gasteiger partial charge in [0.2, 0.25) is 0 Å². The van der Waals surface area contributed by atoms with Crippen LogP contribution in [0, 0.1) is 5.82 Å². The molecule has 86 valence electrons. The molecule has 0 bridgehead atoms. The monoisotopic (exact) mass is 244 g/mol. The highest BCUT2D eigenvalue weighted by atomic mass is 35.5. The second kappa shape index (κ2) is 4.25. The number of carbonyl (C=O) groups is 1. The molecule has 2 rings (SSSR count). The molecule has 1 aliphatic heterocycles. The van der Waals surface area contributed by atoms with Crippen molar-refractivity contribution in [1.82, 2.24) is 9.88 Å². The van der Waals surface area contributed by atoms with E-state index in [0.29, 0.717) is 24.9 Å². The van der Waals surface area contributed by atoms with Crippen molar-refractivity contribution in [2.24, 2.45) is 0 Å². The maximum absolute atomic E-state index is 13.7. The molecule has 0 saturated carbocycles. The Hall–Kier alpha value is -1.36. The van der Waals surface area contributed by atoms with Gasteiger partial charge < -0.3 is 10.0 Å². The van der Waals surface area contributed by atoms with Crippen molar-refractivity contribution in [2.45, 2.75) is 19.4 Å². The van der Waals surface area contributed by atoms with E-state index in [1.54, 1.807) is 0 Å². The number of pyridine rings is 1. The number of aryl methyl sites for hydroxylation is 1. The largest absolute Gasteiger partial charge is 0.465 e. The van der Waals surface area contributed by atoms with Crippen LogP contribution in [0.15, 0.2) is 6.20 Å². The summed E-state index contributed by atoms with van der Waals surface area (Å²) >= 11 is 5.57. The predicted molar refractivity (Wildman–Crippen MR) is 56.0 cm³/mol. The highest BCUT2D eigenvalue weighted by Gasteiger charge is 2.22. The molecule has 1 N–H and O–H groups in total. The van der Waals surface area contributed by atoms with Gasteiger partial charge >= 0.3 is 6.09 Å². The van der Waals surface area contributed by atoms with E-state index in [0.717, 1.165) is 5.56 Å². The molecular weight excluding hydrogens is 235 g/mol. The lowest BCUT2D eigenvalue weighted by atomic mass is 10.1. The maximum atomic E-state index is 13.7. The van der Waals surface area contributed by atoms with Crippen molar-refractivity contribution in [3.05, 3.63) is 28.3 Å². The van der Waals surface area contributed by atoms with Crippen LogP contribution in [-0.4, -0.2) is 27.6 Å². The molecule has 0 aromatic carbocycles. The number of carboxylic acid groups (broad SMARTS) is 1. The van der Waals surface area contributed by atoms with Crippen LogP contribution in [0.1, 0.15) is 17.5 Å². The predicted octanol–water partition coefficient (Wildman–Crippen LogP) is 2.30. The molecule has 6 heteroatoms. The smallest absolute Gasteiger partial charge is 0.407 e. The highest BCUT2D eigenvalue weighted by molar-refractivity contribution is 6.29. The molecular formula is C10H10ClFN2O2. The molecule has 16 heavy (non-hydrogen) atoms. The lowest BCUT2D eigenvalue weighted by molar-refractivity contribution is 0.142. The summed E-state index contributed by atoms with van der Waals surface area (Å²) in [4.78, 5) is 15.8. The van der Waals surface area contributed by atoms with Crippen molar-refractivity contribution in [1.29, 1.82) is 0 Å². The van der Waals surface area contributed by atoms with Crippen LogP contribution in [-0.2, 0) is 13.0 Å². The molecule has 1 aromatic rings. The minimum absolute atomic E-state index is 0.0404. The molecule has 0 unspecified atom stereocenters. The van der Waals surface area contributed by atoms with Gasteiger partial charge in [0.25, 0.3) is 0 Å². The quantitative estimate of drug-likeness (QED) is 0.713. The van der Waals surface area contributed by atoms with Crippen molar-refractivity contribution in [3.63, 3.8) is 0 Å². The van der Waals surface area contributed by atoms with Gasteiger partial charge in [-0.3, -0.25) is 0 Å². The van der Waals surface area contributed by atoms with Gasteiger partial charge in [-0.2, -0.15) is 0 Å². The van der Waals surface area contributed by atoms with E-state index in [-0.39, 0.29) is 11.7 Å². The summed E-state index contributed by atoms with van der Waals surface area (Å²) in [5.41, 5.74) is 1.09. The van der Waals surface area contributed by atoms with E-state index in [2.05, 4.69) is 4.98 Å². The third kappa shape index (κ3) is 1.95. The van der Waals surface area contributed by atoms with Gasteiger partial charge in [0, 0.05) is 18.3 Å². The second-order valence-electron chi connectivity index (χ2n) is 3.67. The van der Waals surface area contributed by atoms with Crippen LogP contribution in [0.25, 0.3) is 0 Å². The Kier molecular flexibility index (Phi) is 2.96. The minimum Gasteiger partial charge on any atom is -0.465 e. The number of nitrogens with zero attached hydrogens (tertiary/aromatic N) is 2. The molecule has 1 aliphatic rings. The maximum Gasteiger partial charge on any atom is 0.407 e. The summed E-state index contributed by atoms with van der Waals surface area (Å²) in [6.45, 7) is 0.444. The number of fused-ring (bicyclic) bond motifs is 1. The summed E-state index contributed by atoms with van der Waals surface area (Å²) in [6, 6.07) is 0. The average Bonchev–Trinajstić information content (AvgIpc) is 2.46. The third-order valence-corrected chi connectivity index (χ3v) is 2.92. The van der Waals surface area contributed by atoms with Gasteiger partial charge in [-0.05, 0) is 18.4 Å². The molecule has 0 atom stereocenters. The van der Waals surface area contributed by atoms with Crippen molar-refractivity contribution in [3.8, 4) is 0 Å². The number of halogens is 2. The highest BCUT2D eigenvalue weighted by Crippen LogP contribution is 2.24. The Balaban J connectivity index is 2.41. The van der Waals surface area contributed by atoms with Crippen LogP contribution in [0.2, 0.25) is 5.15 Å². The van der Waals surface area contributed by atoms with Gasteiger partial charge in [0.1, 0.15) is 0 Å². The van der Waals surface area contributed by atoms with Gasteiger partial charge in [-0.15, -0.1) is 0 Å².